The summed E-state index contributed by atoms with van der Waals surface area (Å²) in [6, 6.07) is 12.0. The van der Waals surface area contributed by atoms with E-state index in [0.29, 0.717) is 41.7 Å². The molecule has 1 heterocycles. The van der Waals surface area contributed by atoms with E-state index in [1.807, 2.05) is 13.8 Å². The lowest BCUT2D eigenvalue weighted by Crippen LogP contribution is -2.46. The van der Waals surface area contributed by atoms with Crippen molar-refractivity contribution in [3.63, 3.8) is 0 Å². The van der Waals surface area contributed by atoms with Crippen molar-refractivity contribution in [3.8, 4) is 17.2 Å². The highest BCUT2D eigenvalue weighted by Gasteiger charge is 2.29. The number of fused-ring (bicyclic) bond motifs is 1. The van der Waals surface area contributed by atoms with Crippen LogP contribution in [-0.4, -0.2) is 62.6 Å². The molecule has 0 bridgehead atoms. The van der Waals surface area contributed by atoms with Gasteiger partial charge < -0.3 is 24.4 Å². The predicted octanol–water partition coefficient (Wildman–Crippen LogP) is 2.31. The number of hydrogen-bond acceptors (Lipinski definition) is 6. The van der Waals surface area contributed by atoms with Crippen LogP contribution in [0, 0.1) is 0 Å². The Kier molecular flexibility index (Phi) is 7.54. The van der Waals surface area contributed by atoms with Crippen molar-refractivity contribution >= 4 is 29.1 Å². The minimum atomic E-state index is -0.385. The molecule has 32 heavy (non-hydrogen) atoms. The van der Waals surface area contributed by atoms with Gasteiger partial charge in [0.05, 0.1) is 12.8 Å². The summed E-state index contributed by atoms with van der Waals surface area (Å²) in [6.07, 6.45) is 0. The highest BCUT2D eigenvalue weighted by atomic mass is 16.5. The molecule has 0 atom stereocenters. The van der Waals surface area contributed by atoms with Crippen molar-refractivity contribution < 1.29 is 28.6 Å². The number of benzene rings is 2. The second kappa shape index (κ2) is 10.5. The van der Waals surface area contributed by atoms with Crippen LogP contribution in [0.25, 0.3) is 0 Å². The van der Waals surface area contributed by atoms with Gasteiger partial charge in [-0.05, 0) is 44.2 Å². The average Bonchev–Trinajstić information content (AvgIpc) is 2.80. The summed E-state index contributed by atoms with van der Waals surface area (Å²) in [6.45, 7) is 4.43. The Morgan fingerprint density at radius 3 is 2.53 bits per heavy atom. The number of likely N-dealkylation sites (N-methyl/N-ethyl adjacent to an activating group) is 1. The lowest BCUT2D eigenvalue weighted by atomic mass is 10.2. The standard InChI is InChI=1S/C23H27N3O6/c1-4-25(5-2)22(28)13-26-17-12-16(10-11-18(17)32-15-23(26)29)24-21(27)14-31-20-9-7-6-8-19(20)30-3/h6-12H,4-5,13-15H2,1-3H3,(H,24,27). The maximum Gasteiger partial charge on any atom is 0.265 e. The second-order valence-electron chi connectivity index (χ2n) is 7.00. The number of para-hydroxylation sites is 2. The van der Waals surface area contributed by atoms with Gasteiger partial charge in [-0.15, -0.1) is 0 Å². The lowest BCUT2D eigenvalue weighted by molar-refractivity contribution is -0.131. The van der Waals surface area contributed by atoms with Crippen LogP contribution in [0.1, 0.15) is 13.8 Å². The van der Waals surface area contributed by atoms with E-state index in [0.717, 1.165) is 0 Å². The van der Waals surface area contributed by atoms with E-state index in [1.54, 1.807) is 47.4 Å². The molecular formula is C23H27N3O6. The van der Waals surface area contributed by atoms with Crippen LogP contribution in [0.3, 0.4) is 0 Å². The Bertz CT molecular complexity index is 989. The number of methoxy groups -OCH3 is 1. The van der Waals surface area contributed by atoms with E-state index < -0.39 is 0 Å². The molecule has 0 aliphatic carbocycles. The molecule has 0 saturated heterocycles. The van der Waals surface area contributed by atoms with E-state index in [9.17, 15) is 14.4 Å². The van der Waals surface area contributed by atoms with E-state index in [1.165, 1.54) is 12.0 Å². The number of carbonyl (C=O) groups excluding carboxylic acids is 3. The molecular weight excluding hydrogens is 414 g/mol. The minimum Gasteiger partial charge on any atom is -0.493 e. The van der Waals surface area contributed by atoms with Crippen molar-refractivity contribution in [2.45, 2.75) is 13.8 Å². The quantitative estimate of drug-likeness (QED) is 0.641. The molecule has 2 aromatic carbocycles. The van der Waals surface area contributed by atoms with Gasteiger partial charge in [0, 0.05) is 18.8 Å². The van der Waals surface area contributed by atoms with Gasteiger partial charge in [-0.1, -0.05) is 12.1 Å². The number of nitrogens with zero attached hydrogens (tertiary/aromatic N) is 2. The summed E-state index contributed by atoms with van der Waals surface area (Å²) < 4.78 is 16.2. The van der Waals surface area contributed by atoms with Crippen LogP contribution < -0.4 is 24.4 Å². The van der Waals surface area contributed by atoms with Gasteiger partial charge in [0.1, 0.15) is 12.3 Å². The van der Waals surface area contributed by atoms with Gasteiger partial charge in [-0.3, -0.25) is 19.3 Å². The molecule has 1 aliphatic rings. The monoisotopic (exact) mass is 441 g/mol. The van der Waals surface area contributed by atoms with E-state index in [2.05, 4.69) is 5.32 Å². The fourth-order valence-corrected chi connectivity index (χ4v) is 3.34. The molecule has 0 radical (unpaired) electrons. The van der Waals surface area contributed by atoms with Crippen LogP contribution in [-0.2, 0) is 14.4 Å². The number of amides is 3. The van der Waals surface area contributed by atoms with Crippen LogP contribution in [0.5, 0.6) is 17.2 Å². The maximum atomic E-state index is 12.6. The van der Waals surface area contributed by atoms with Gasteiger partial charge in [0.15, 0.2) is 24.7 Å². The normalized spacial score (nSPS) is 12.5. The van der Waals surface area contributed by atoms with Gasteiger partial charge in [0.25, 0.3) is 11.8 Å². The summed E-state index contributed by atoms with van der Waals surface area (Å²) in [5, 5.41) is 2.74. The maximum absolute atomic E-state index is 12.6. The Balaban J connectivity index is 1.70. The number of ether oxygens (including phenoxy) is 3. The Morgan fingerprint density at radius 2 is 1.84 bits per heavy atom. The van der Waals surface area contributed by atoms with E-state index in [4.69, 9.17) is 14.2 Å². The molecule has 0 fully saturated rings. The molecule has 9 heteroatoms. The summed E-state index contributed by atoms with van der Waals surface area (Å²) >= 11 is 0. The minimum absolute atomic E-state index is 0.0921. The fraction of sp³-hybridized carbons (Fsp3) is 0.348. The molecule has 9 nitrogen and oxygen atoms in total. The number of nitrogens with one attached hydrogen (secondary N) is 1. The molecule has 0 spiro atoms. The summed E-state index contributed by atoms with van der Waals surface area (Å²) in [5.41, 5.74) is 0.890. The molecule has 2 aromatic rings. The third kappa shape index (κ3) is 5.29. The average molecular weight is 441 g/mol. The van der Waals surface area contributed by atoms with Crippen LogP contribution in [0.15, 0.2) is 42.5 Å². The summed E-state index contributed by atoms with van der Waals surface area (Å²) in [7, 11) is 1.52. The Labute approximate surface area is 186 Å². The fourth-order valence-electron chi connectivity index (χ4n) is 3.34. The molecule has 0 saturated carbocycles. The molecule has 3 rings (SSSR count). The third-order valence-corrected chi connectivity index (χ3v) is 5.02. The van der Waals surface area contributed by atoms with Crippen LogP contribution >= 0.6 is 0 Å². The van der Waals surface area contributed by atoms with Crippen molar-refractivity contribution in [1.29, 1.82) is 0 Å². The molecule has 1 N–H and O–H groups in total. The molecule has 0 aromatic heterocycles. The van der Waals surface area contributed by atoms with Gasteiger partial charge in [-0.25, -0.2) is 0 Å². The zero-order valence-corrected chi connectivity index (χ0v) is 18.4. The first-order valence-corrected chi connectivity index (χ1v) is 10.4. The number of carbonyl (C=O) groups is 3. The number of anilines is 2. The summed E-state index contributed by atoms with van der Waals surface area (Å²) in [5.74, 6) is 0.593. The molecule has 0 unspecified atom stereocenters. The van der Waals surface area contributed by atoms with Crippen molar-refractivity contribution in [2.24, 2.45) is 0 Å². The number of rotatable bonds is 9. The highest BCUT2D eigenvalue weighted by molar-refractivity contribution is 6.03. The van der Waals surface area contributed by atoms with E-state index in [-0.39, 0.29) is 37.5 Å². The predicted molar refractivity (Wildman–Crippen MR) is 119 cm³/mol. The van der Waals surface area contributed by atoms with Gasteiger partial charge in [0.2, 0.25) is 5.91 Å². The van der Waals surface area contributed by atoms with Crippen LogP contribution in [0.2, 0.25) is 0 Å². The topological polar surface area (TPSA) is 97.4 Å². The largest absolute Gasteiger partial charge is 0.493 e. The third-order valence-electron chi connectivity index (χ3n) is 5.02. The highest BCUT2D eigenvalue weighted by Crippen LogP contribution is 2.34. The lowest BCUT2D eigenvalue weighted by Gasteiger charge is -2.31. The first kappa shape index (κ1) is 22.9. The van der Waals surface area contributed by atoms with Crippen LogP contribution in [0.4, 0.5) is 11.4 Å². The number of hydrogen-bond donors (Lipinski definition) is 1. The molecule has 3 amide bonds. The molecule has 170 valence electrons. The second-order valence-corrected chi connectivity index (χ2v) is 7.00. The SMILES string of the molecule is CCN(CC)C(=O)CN1C(=O)COc2ccc(NC(=O)COc3ccccc3OC)cc21. The first-order chi connectivity index (χ1) is 15.5. The zero-order chi connectivity index (χ0) is 23.1. The smallest absolute Gasteiger partial charge is 0.265 e. The van der Waals surface area contributed by atoms with E-state index >= 15 is 0 Å². The van der Waals surface area contributed by atoms with Crippen molar-refractivity contribution in [3.05, 3.63) is 42.5 Å². The van der Waals surface area contributed by atoms with Crippen molar-refractivity contribution in [2.75, 3.05) is 50.2 Å². The van der Waals surface area contributed by atoms with Crippen molar-refractivity contribution in [1.82, 2.24) is 4.90 Å². The Hall–Kier alpha value is -3.75. The van der Waals surface area contributed by atoms with Gasteiger partial charge in [-0.2, -0.15) is 0 Å². The molecule has 1 aliphatic heterocycles. The first-order valence-electron chi connectivity index (χ1n) is 10.4. The Morgan fingerprint density at radius 1 is 1.12 bits per heavy atom. The zero-order valence-electron chi connectivity index (χ0n) is 18.4. The van der Waals surface area contributed by atoms with Gasteiger partial charge >= 0.3 is 0 Å². The summed E-state index contributed by atoms with van der Waals surface area (Å²) in [4.78, 5) is 40.5.